The first-order chi connectivity index (χ1) is 9.67. The lowest BCUT2D eigenvalue weighted by Crippen LogP contribution is -2.47. The van der Waals surface area contributed by atoms with Gasteiger partial charge < -0.3 is 10.0 Å². The molecule has 0 aliphatic carbocycles. The fraction of sp³-hybridized carbons (Fsp3) is 0.800. The Morgan fingerprint density at radius 3 is 2.57 bits per heavy atom. The minimum absolute atomic E-state index is 0.0557. The molecule has 0 radical (unpaired) electrons. The maximum absolute atomic E-state index is 12.2. The predicted molar refractivity (Wildman–Crippen MR) is 74.7 cm³/mol. The quantitative estimate of drug-likeness (QED) is 0.792. The molecule has 21 heavy (non-hydrogen) atoms. The summed E-state index contributed by atoms with van der Waals surface area (Å²) in [5, 5.41) is 9.67. The summed E-state index contributed by atoms with van der Waals surface area (Å²) < 4.78 is 36.6. The first-order valence-corrected chi connectivity index (χ1v) is 7.26. The summed E-state index contributed by atoms with van der Waals surface area (Å²) in [6.07, 6.45) is -1.72. The van der Waals surface area contributed by atoms with Gasteiger partial charge in [-0.1, -0.05) is 11.6 Å². The molecule has 1 N–H and O–H groups in total. The summed E-state index contributed by atoms with van der Waals surface area (Å²) in [4.78, 5) is 13.4. The molecule has 0 spiro atoms. The number of halogens is 3. The molecule has 0 aromatic heterocycles. The molecule has 122 valence electrons. The van der Waals surface area contributed by atoms with Crippen LogP contribution >= 0.6 is 0 Å². The van der Waals surface area contributed by atoms with Crippen molar-refractivity contribution < 1.29 is 23.1 Å². The van der Waals surface area contributed by atoms with Gasteiger partial charge in [-0.25, -0.2) is 0 Å². The zero-order valence-electron chi connectivity index (χ0n) is 12.7. The Bertz CT molecular complexity index is 389. The molecule has 1 fully saturated rings. The Labute approximate surface area is 123 Å². The third-order valence-corrected chi connectivity index (χ3v) is 3.92. The molecule has 6 heteroatoms. The van der Waals surface area contributed by atoms with Gasteiger partial charge in [-0.3, -0.25) is 4.79 Å². The summed E-state index contributed by atoms with van der Waals surface area (Å²) in [5.74, 6) is -0.470. The SMILES string of the molecule is CC(C)=CC[C@@]1(CO)CCCN(C(=O)CCC(F)(F)F)C1. The Morgan fingerprint density at radius 2 is 2.05 bits per heavy atom. The van der Waals surface area contributed by atoms with Crippen molar-refractivity contribution in [2.24, 2.45) is 5.41 Å². The van der Waals surface area contributed by atoms with Crippen LogP contribution in [0.3, 0.4) is 0 Å². The summed E-state index contributed by atoms with van der Waals surface area (Å²) in [5.41, 5.74) is 0.715. The van der Waals surface area contributed by atoms with Crippen molar-refractivity contribution >= 4 is 5.91 Å². The number of aliphatic hydroxyl groups excluding tert-OH is 1. The number of alkyl halides is 3. The van der Waals surface area contributed by atoms with Crippen molar-refractivity contribution in [3.8, 4) is 0 Å². The van der Waals surface area contributed by atoms with Crippen molar-refractivity contribution in [2.45, 2.75) is 52.1 Å². The van der Waals surface area contributed by atoms with Gasteiger partial charge in [0.1, 0.15) is 0 Å². The number of carbonyl (C=O) groups is 1. The van der Waals surface area contributed by atoms with Gasteiger partial charge in [-0.05, 0) is 33.1 Å². The van der Waals surface area contributed by atoms with E-state index in [9.17, 15) is 23.1 Å². The Kier molecular flexibility index (Phi) is 6.25. The highest BCUT2D eigenvalue weighted by atomic mass is 19.4. The Morgan fingerprint density at radius 1 is 1.38 bits per heavy atom. The second-order valence-electron chi connectivity index (χ2n) is 6.18. The summed E-state index contributed by atoms with van der Waals surface area (Å²) in [6, 6.07) is 0. The molecule has 1 atom stereocenters. The Hall–Kier alpha value is -1.04. The lowest BCUT2D eigenvalue weighted by molar-refractivity contribution is -0.151. The first-order valence-electron chi connectivity index (χ1n) is 7.26. The smallest absolute Gasteiger partial charge is 0.389 e. The molecule has 1 amide bonds. The fourth-order valence-corrected chi connectivity index (χ4v) is 2.61. The lowest BCUT2D eigenvalue weighted by atomic mass is 9.77. The monoisotopic (exact) mass is 307 g/mol. The van der Waals surface area contributed by atoms with E-state index in [0.717, 1.165) is 18.4 Å². The van der Waals surface area contributed by atoms with Crippen molar-refractivity contribution in [3.05, 3.63) is 11.6 Å². The number of aliphatic hydroxyl groups is 1. The van der Waals surface area contributed by atoms with Crippen molar-refractivity contribution in [1.82, 2.24) is 4.90 Å². The van der Waals surface area contributed by atoms with Gasteiger partial charge in [0.2, 0.25) is 5.91 Å². The minimum atomic E-state index is -4.30. The van der Waals surface area contributed by atoms with Crippen LogP contribution in [0.4, 0.5) is 13.2 Å². The van der Waals surface area contributed by atoms with Gasteiger partial charge in [0.05, 0.1) is 13.0 Å². The number of allylic oxidation sites excluding steroid dienone is 2. The van der Waals surface area contributed by atoms with Crippen molar-refractivity contribution in [3.63, 3.8) is 0 Å². The van der Waals surface area contributed by atoms with Gasteiger partial charge in [-0.2, -0.15) is 13.2 Å². The zero-order chi connectivity index (χ0) is 16.1. The van der Waals surface area contributed by atoms with Crippen LogP contribution in [0.15, 0.2) is 11.6 Å². The Balaban J connectivity index is 2.65. The van der Waals surface area contributed by atoms with Crippen LogP contribution in [-0.4, -0.2) is 41.8 Å². The number of likely N-dealkylation sites (tertiary alicyclic amines) is 1. The van der Waals surface area contributed by atoms with E-state index in [-0.39, 0.29) is 6.61 Å². The van der Waals surface area contributed by atoms with Gasteiger partial charge in [0.15, 0.2) is 0 Å². The van der Waals surface area contributed by atoms with Gasteiger partial charge in [-0.15, -0.1) is 0 Å². The standard InChI is InChI=1S/C15H24F3NO2/c1-12(2)4-7-14(11-20)6-3-9-19(10-14)13(21)5-8-15(16,17)18/h4,20H,3,5-11H2,1-2H3/t14-/m0/s1. The summed E-state index contributed by atoms with van der Waals surface area (Å²) in [7, 11) is 0. The maximum Gasteiger partial charge on any atom is 0.389 e. The molecule has 1 aliphatic heterocycles. The second-order valence-corrected chi connectivity index (χ2v) is 6.18. The molecular formula is C15H24F3NO2. The van der Waals surface area contributed by atoms with Crippen LogP contribution in [0.5, 0.6) is 0 Å². The van der Waals surface area contributed by atoms with Crippen LogP contribution < -0.4 is 0 Å². The van der Waals surface area contributed by atoms with E-state index >= 15 is 0 Å². The number of carbonyl (C=O) groups excluding carboxylic acids is 1. The topological polar surface area (TPSA) is 40.5 Å². The number of rotatable bonds is 5. The van der Waals surface area contributed by atoms with Crippen molar-refractivity contribution in [2.75, 3.05) is 19.7 Å². The number of nitrogens with zero attached hydrogens (tertiary/aromatic N) is 1. The molecule has 0 unspecified atom stereocenters. The van der Waals surface area contributed by atoms with Crippen LogP contribution in [0.25, 0.3) is 0 Å². The largest absolute Gasteiger partial charge is 0.396 e. The lowest BCUT2D eigenvalue weighted by Gasteiger charge is -2.41. The van der Waals surface area contributed by atoms with E-state index in [1.54, 1.807) is 0 Å². The van der Waals surface area contributed by atoms with Crippen LogP contribution in [0, 0.1) is 5.41 Å². The van der Waals surface area contributed by atoms with E-state index in [1.807, 2.05) is 19.9 Å². The number of hydrogen-bond acceptors (Lipinski definition) is 2. The average molecular weight is 307 g/mol. The molecule has 0 aromatic carbocycles. The molecule has 1 heterocycles. The average Bonchev–Trinajstić information content (AvgIpc) is 2.42. The third-order valence-electron chi connectivity index (χ3n) is 3.92. The molecule has 1 aliphatic rings. The fourth-order valence-electron chi connectivity index (χ4n) is 2.61. The third kappa shape index (κ3) is 6.08. The zero-order valence-corrected chi connectivity index (χ0v) is 12.7. The number of hydrogen-bond donors (Lipinski definition) is 1. The van der Waals surface area contributed by atoms with E-state index in [2.05, 4.69) is 0 Å². The normalized spacial score (nSPS) is 23.0. The summed E-state index contributed by atoms with van der Waals surface area (Å²) >= 11 is 0. The number of amides is 1. The molecule has 1 rings (SSSR count). The minimum Gasteiger partial charge on any atom is -0.396 e. The molecule has 3 nitrogen and oxygen atoms in total. The summed E-state index contributed by atoms with van der Waals surface area (Å²) in [6.45, 7) is 4.68. The maximum atomic E-state index is 12.2. The van der Waals surface area contributed by atoms with Crippen LogP contribution in [-0.2, 0) is 4.79 Å². The first kappa shape index (κ1) is 18.0. The van der Waals surface area contributed by atoms with E-state index < -0.39 is 30.3 Å². The molecule has 0 saturated carbocycles. The number of piperidine rings is 1. The highest BCUT2D eigenvalue weighted by molar-refractivity contribution is 5.76. The van der Waals surface area contributed by atoms with Gasteiger partial charge >= 0.3 is 6.18 Å². The van der Waals surface area contributed by atoms with Crippen LogP contribution in [0.2, 0.25) is 0 Å². The predicted octanol–water partition coefficient (Wildman–Crippen LogP) is 3.29. The van der Waals surface area contributed by atoms with E-state index in [4.69, 9.17) is 0 Å². The van der Waals surface area contributed by atoms with E-state index in [1.165, 1.54) is 4.90 Å². The molecular weight excluding hydrogens is 283 g/mol. The molecule has 0 aromatic rings. The van der Waals surface area contributed by atoms with Crippen LogP contribution in [0.1, 0.15) is 46.0 Å². The van der Waals surface area contributed by atoms with Gasteiger partial charge in [0, 0.05) is 24.9 Å². The molecule has 0 bridgehead atoms. The molecule has 1 saturated heterocycles. The van der Waals surface area contributed by atoms with E-state index in [0.29, 0.717) is 19.5 Å². The van der Waals surface area contributed by atoms with Crippen molar-refractivity contribution in [1.29, 1.82) is 0 Å². The second kappa shape index (κ2) is 7.29. The van der Waals surface area contributed by atoms with Gasteiger partial charge in [0.25, 0.3) is 0 Å². The highest BCUT2D eigenvalue weighted by Gasteiger charge is 2.37. The highest BCUT2D eigenvalue weighted by Crippen LogP contribution is 2.34.